The molecule has 1 aliphatic heterocycles. The number of carbonyl (C=O) groups excluding carboxylic acids is 2. The number of aromatic nitrogens is 2. The molecule has 2 aromatic rings. The van der Waals surface area contributed by atoms with Crippen LogP contribution in [-0.4, -0.2) is 52.7 Å². The van der Waals surface area contributed by atoms with Crippen LogP contribution in [0.1, 0.15) is 33.5 Å². The highest BCUT2D eigenvalue weighted by molar-refractivity contribution is 7.12. The minimum atomic E-state index is 0.0470. The number of thiophene rings is 1. The lowest BCUT2D eigenvalue weighted by molar-refractivity contribution is -0.130. The lowest BCUT2D eigenvalue weighted by Crippen LogP contribution is -2.49. The summed E-state index contributed by atoms with van der Waals surface area (Å²) in [5, 5.41) is 1.90. The van der Waals surface area contributed by atoms with Crippen LogP contribution in [0.5, 0.6) is 0 Å². The van der Waals surface area contributed by atoms with Crippen LogP contribution >= 0.6 is 11.3 Å². The minimum absolute atomic E-state index is 0.0470. The van der Waals surface area contributed by atoms with Gasteiger partial charge in [0.1, 0.15) is 0 Å². The summed E-state index contributed by atoms with van der Waals surface area (Å²) in [5.74, 6) is 0.896. The zero-order valence-corrected chi connectivity index (χ0v) is 15.6. The van der Waals surface area contributed by atoms with E-state index < -0.39 is 0 Å². The lowest BCUT2D eigenvalue weighted by atomic mass is 10.2. The third-order valence-corrected chi connectivity index (χ3v) is 5.32. The van der Waals surface area contributed by atoms with E-state index >= 15 is 0 Å². The minimum Gasteiger partial charge on any atom is -0.339 e. The van der Waals surface area contributed by atoms with Crippen molar-refractivity contribution in [1.82, 2.24) is 14.9 Å². The molecule has 0 bridgehead atoms. The van der Waals surface area contributed by atoms with E-state index in [1.54, 1.807) is 6.92 Å². The van der Waals surface area contributed by atoms with Crippen LogP contribution in [0, 0.1) is 13.8 Å². The first kappa shape index (κ1) is 17.5. The van der Waals surface area contributed by atoms with Crippen molar-refractivity contribution < 1.29 is 9.59 Å². The molecule has 3 heterocycles. The lowest BCUT2D eigenvalue weighted by Gasteiger charge is -2.35. The van der Waals surface area contributed by atoms with E-state index in [0.29, 0.717) is 24.4 Å². The fraction of sp³-hybridized carbons (Fsp3) is 0.444. The van der Waals surface area contributed by atoms with Crippen molar-refractivity contribution >= 4 is 29.0 Å². The van der Waals surface area contributed by atoms with Crippen LogP contribution in [-0.2, 0) is 11.2 Å². The van der Waals surface area contributed by atoms with Crippen molar-refractivity contribution in [3.63, 3.8) is 0 Å². The number of ketones is 1. The Morgan fingerprint density at radius 2 is 1.72 bits per heavy atom. The highest BCUT2D eigenvalue weighted by atomic mass is 32.1. The second-order valence-corrected chi connectivity index (χ2v) is 7.28. The third kappa shape index (κ3) is 4.22. The van der Waals surface area contributed by atoms with Crippen LogP contribution in [0.15, 0.2) is 17.5 Å². The van der Waals surface area contributed by atoms with Crippen LogP contribution in [0.4, 0.5) is 5.95 Å². The van der Waals surface area contributed by atoms with Crippen molar-refractivity contribution in [2.75, 3.05) is 31.1 Å². The van der Waals surface area contributed by atoms with E-state index in [2.05, 4.69) is 14.9 Å². The molecule has 1 amide bonds. The first-order valence-corrected chi connectivity index (χ1v) is 9.23. The van der Waals surface area contributed by atoms with Gasteiger partial charge in [-0.25, -0.2) is 9.97 Å². The monoisotopic (exact) mass is 358 g/mol. The van der Waals surface area contributed by atoms with E-state index in [0.717, 1.165) is 36.0 Å². The van der Waals surface area contributed by atoms with Gasteiger partial charge in [0.2, 0.25) is 11.9 Å². The highest BCUT2D eigenvalue weighted by Gasteiger charge is 2.23. The number of amides is 1. The van der Waals surface area contributed by atoms with Crippen LogP contribution in [0.25, 0.3) is 0 Å². The third-order valence-electron chi connectivity index (χ3n) is 4.24. The zero-order valence-electron chi connectivity index (χ0n) is 14.8. The Kier molecular flexibility index (Phi) is 5.13. The maximum atomic E-state index is 12.5. The van der Waals surface area contributed by atoms with Crippen molar-refractivity contribution in [3.05, 3.63) is 39.3 Å². The zero-order chi connectivity index (χ0) is 18.0. The normalized spacial score (nSPS) is 14.7. The SMILES string of the molecule is CC(=O)c1cc(CC(=O)N2CCN(c3nc(C)cc(C)n3)CC2)cs1. The molecule has 0 saturated carbocycles. The number of carbonyl (C=O) groups is 2. The smallest absolute Gasteiger partial charge is 0.227 e. The molecular formula is C18H22N4O2S. The van der Waals surface area contributed by atoms with Gasteiger partial charge in [-0.05, 0) is 43.8 Å². The largest absolute Gasteiger partial charge is 0.339 e. The maximum Gasteiger partial charge on any atom is 0.227 e. The Bertz CT molecular complexity index is 774. The van der Waals surface area contributed by atoms with Crippen molar-refractivity contribution in [1.29, 1.82) is 0 Å². The molecule has 1 fully saturated rings. The highest BCUT2D eigenvalue weighted by Crippen LogP contribution is 2.18. The number of Topliss-reactive ketones (excluding diaryl/α,β-unsaturated/α-hetero) is 1. The first-order valence-electron chi connectivity index (χ1n) is 8.36. The van der Waals surface area contributed by atoms with Crippen molar-refractivity contribution in [2.24, 2.45) is 0 Å². The van der Waals surface area contributed by atoms with Gasteiger partial charge in [0.15, 0.2) is 5.78 Å². The summed E-state index contributed by atoms with van der Waals surface area (Å²) in [6.45, 7) is 8.28. The van der Waals surface area contributed by atoms with E-state index in [-0.39, 0.29) is 11.7 Å². The molecule has 0 aliphatic carbocycles. The van der Waals surface area contributed by atoms with Gasteiger partial charge in [-0.15, -0.1) is 11.3 Å². The molecule has 0 unspecified atom stereocenters. The number of aryl methyl sites for hydroxylation is 2. The number of nitrogens with zero attached hydrogens (tertiary/aromatic N) is 4. The summed E-state index contributed by atoms with van der Waals surface area (Å²) in [5.41, 5.74) is 2.83. The fourth-order valence-corrected chi connectivity index (χ4v) is 3.76. The quantitative estimate of drug-likeness (QED) is 0.784. The van der Waals surface area contributed by atoms with Gasteiger partial charge in [0.05, 0.1) is 11.3 Å². The second-order valence-electron chi connectivity index (χ2n) is 6.37. The van der Waals surface area contributed by atoms with Gasteiger partial charge in [-0.2, -0.15) is 0 Å². The van der Waals surface area contributed by atoms with E-state index in [1.807, 2.05) is 36.3 Å². The van der Waals surface area contributed by atoms with Gasteiger partial charge in [-0.3, -0.25) is 9.59 Å². The molecule has 1 saturated heterocycles. The Morgan fingerprint density at radius 1 is 1.08 bits per heavy atom. The Morgan fingerprint density at radius 3 is 2.28 bits per heavy atom. The average Bonchev–Trinajstić information content (AvgIpc) is 3.03. The molecular weight excluding hydrogens is 336 g/mol. The molecule has 0 radical (unpaired) electrons. The van der Waals surface area contributed by atoms with Gasteiger partial charge in [0.25, 0.3) is 0 Å². The summed E-state index contributed by atoms with van der Waals surface area (Å²) >= 11 is 1.40. The molecule has 0 N–H and O–H groups in total. The van der Waals surface area contributed by atoms with E-state index in [9.17, 15) is 9.59 Å². The second kappa shape index (κ2) is 7.31. The molecule has 132 valence electrons. The molecule has 1 aliphatic rings. The first-order chi connectivity index (χ1) is 11.9. The fourth-order valence-electron chi connectivity index (χ4n) is 2.94. The van der Waals surface area contributed by atoms with Gasteiger partial charge in [-0.1, -0.05) is 0 Å². The Labute approximate surface area is 151 Å². The Hall–Kier alpha value is -2.28. The maximum absolute atomic E-state index is 12.5. The molecule has 2 aromatic heterocycles. The average molecular weight is 358 g/mol. The summed E-state index contributed by atoms with van der Waals surface area (Å²) in [4.78, 5) is 37.6. The Balaban J connectivity index is 1.57. The van der Waals surface area contributed by atoms with Crippen LogP contribution < -0.4 is 4.90 Å². The summed E-state index contributed by atoms with van der Waals surface area (Å²) in [6, 6.07) is 3.78. The van der Waals surface area contributed by atoms with E-state index in [4.69, 9.17) is 0 Å². The topological polar surface area (TPSA) is 66.4 Å². The predicted octanol–water partition coefficient (Wildman–Crippen LogP) is 2.25. The number of piperazine rings is 1. The molecule has 6 nitrogen and oxygen atoms in total. The summed E-state index contributed by atoms with van der Waals surface area (Å²) in [7, 11) is 0. The van der Waals surface area contributed by atoms with Crippen molar-refractivity contribution in [3.8, 4) is 0 Å². The summed E-state index contributed by atoms with van der Waals surface area (Å²) < 4.78 is 0. The number of anilines is 1. The molecule has 3 rings (SSSR count). The van der Waals surface area contributed by atoms with Gasteiger partial charge < -0.3 is 9.80 Å². The molecule has 25 heavy (non-hydrogen) atoms. The number of hydrogen-bond acceptors (Lipinski definition) is 6. The molecule has 7 heteroatoms. The van der Waals surface area contributed by atoms with Gasteiger partial charge >= 0.3 is 0 Å². The van der Waals surface area contributed by atoms with Gasteiger partial charge in [0, 0.05) is 37.6 Å². The van der Waals surface area contributed by atoms with Crippen molar-refractivity contribution in [2.45, 2.75) is 27.2 Å². The van der Waals surface area contributed by atoms with E-state index in [1.165, 1.54) is 11.3 Å². The number of hydrogen-bond donors (Lipinski definition) is 0. The van der Waals surface area contributed by atoms with Crippen LogP contribution in [0.2, 0.25) is 0 Å². The molecule has 0 aromatic carbocycles. The summed E-state index contributed by atoms with van der Waals surface area (Å²) in [6.07, 6.45) is 0.351. The molecule has 0 spiro atoms. The van der Waals surface area contributed by atoms with Crippen LogP contribution in [0.3, 0.4) is 0 Å². The predicted molar refractivity (Wildman–Crippen MR) is 98.3 cm³/mol. The molecule has 0 atom stereocenters. The standard InChI is InChI=1S/C18H22N4O2S/c1-12-8-13(2)20-18(19-12)22-6-4-21(5-7-22)17(24)10-15-9-16(14(3)23)25-11-15/h8-9,11H,4-7,10H2,1-3H3. The number of rotatable bonds is 4.